The minimum Gasteiger partial charge on any atom is -0.479 e. The van der Waals surface area contributed by atoms with Gasteiger partial charge in [-0.3, -0.25) is 4.79 Å². The lowest BCUT2D eigenvalue weighted by Gasteiger charge is -2.38. The molecule has 1 N–H and O–H groups in total. The Morgan fingerprint density at radius 1 is 1.29 bits per heavy atom. The third-order valence-corrected chi connectivity index (χ3v) is 6.45. The third-order valence-electron chi connectivity index (χ3n) is 6.45. The first-order chi connectivity index (χ1) is 19.1. The fourth-order valence-corrected chi connectivity index (χ4v) is 4.66. The maximum atomic E-state index is 14.9. The van der Waals surface area contributed by atoms with Crippen LogP contribution in [-0.4, -0.2) is 73.3 Å². The SMILES string of the molecule is [2H]C([2H])([2H])C(=O)N1CC[C@@H](Nc2nc(OC)c3c(-c4ccc5nc(C)n(CC(F)(F)F)c5c4)ccn3n2)C(F)(F)C1. The molecule has 14 heteroatoms. The zero-order chi connectivity index (χ0) is 29.9. The number of imidazole rings is 1. The number of hydrogen-bond donors (Lipinski definition) is 1. The van der Waals surface area contributed by atoms with E-state index in [1.54, 1.807) is 24.3 Å². The second-order valence-electron chi connectivity index (χ2n) is 9.00. The van der Waals surface area contributed by atoms with Crippen molar-refractivity contribution in [1.82, 2.24) is 29.0 Å². The summed E-state index contributed by atoms with van der Waals surface area (Å²) in [5.41, 5.74) is 2.07. The zero-order valence-corrected chi connectivity index (χ0v) is 20.2. The van der Waals surface area contributed by atoms with Crippen molar-refractivity contribution in [3.8, 4) is 17.0 Å². The minimum absolute atomic E-state index is 0.0147. The maximum absolute atomic E-state index is 14.9. The van der Waals surface area contributed by atoms with Gasteiger partial charge in [0.15, 0.2) is 0 Å². The highest BCUT2D eigenvalue weighted by molar-refractivity contribution is 5.90. The second kappa shape index (κ2) is 9.10. The minimum atomic E-state index is -4.45. The van der Waals surface area contributed by atoms with Gasteiger partial charge in [-0.25, -0.2) is 18.3 Å². The van der Waals surface area contributed by atoms with E-state index in [1.165, 1.54) is 24.7 Å². The number of piperidine rings is 1. The summed E-state index contributed by atoms with van der Waals surface area (Å²) in [5, 5.41) is 6.83. The van der Waals surface area contributed by atoms with Crippen LogP contribution in [0.25, 0.3) is 27.7 Å². The number of ether oxygens (including phenoxy) is 1. The monoisotopic (exact) mass is 540 g/mol. The van der Waals surface area contributed by atoms with Crippen molar-refractivity contribution in [1.29, 1.82) is 0 Å². The largest absolute Gasteiger partial charge is 0.479 e. The van der Waals surface area contributed by atoms with Crippen molar-refractivity contribution >= 4 is 28.4 Å². The Balaban J connectivity index is 1.46. The van der Waals surface area contributed by atoms with E-state index < -0.39 is 44.0 Å². The summed E-state index contributed by atoms with van der Waals surface area (Å²) in [6.45, 7) is -4.02. The number of nitrogens with one attached hydrogen (secondary N) is 1. The predicted octanol–water partition coefficient (Wildman–Crippen LogP) is 4.29. The van der Waals surface area contributed by atoms with Gasteiger partial charge in [-0.15, -0.1) is 5.10 Å². The molecular formula is C24H24F5N7O2. The molecule has 1 saturated heterocycles. The van der Waals surface area contributed by atoms with Gasteiger partial charge in [0.05, 0.1) is 30.7 Å². The summed E-state index contributed by atoms with van der Waals surface area (Å²) in [6.07, 6.45) is -3.19. The van der Waals surface area contributed by atoms with Crippen molar-refractivity contribution < 1.29 is 35.6 Å². The number of methoxy groups -OCH3 is 1. The molecule has 0 saturated carbocycles. The maximum Gasteiger partial charge on any atom is 0.406 e. The molecule has 1 amide bonds. The number of likely N-dealkylation sites (tertiary alicyclic amines) is 1. The number of benzene rings is 1. The highest BCUT2D eigenvalue weighted by Crippen LogP contribution is 2.35. The molecule has 1 fully saturated rings. The smallest absolute Gasteiger partial charge is 0.406 e. The van der Waals surface area contributed by atoms with Crippen LogP contribution in [0.2, 0.25) is 0 Å². The van der Waals surface area contributed by atoms with Crippen LogP contribution in [0, 0.1) is 6.92 Å². The van der Waals surface area contributed by atoms with Crippen molar-refractivity contribution in [2.24, 2.45) is 0 Å². The first kappa shape index (κ1) is 22.1. The Hall–Kier alpha value is -3.97. The predicted molar refractivity (Wildman–Crippen MR) is 128 cm³/mol. The average Bonchev–Trinajstić information content (AvgIpc) is 3.43. The van der Waals surface area contributed by atoms with Gasteiger partial charge >= 0.3 is 6.18 Å². The van der Waals surface area contributed by atoms with Gasteiger partial charge in [0.2, 0.25) is 17.7 Å². The lowest BCUT2D eigenvalue weighted by atomic mass is 10.0. The van der Waals surface area contributed by atoms with Crippen LogP contribution in [0.15, 0.2) is 30.5 Å². The number of halogens is 5. The van der Waals surface area contributed by atoms with Crippen LogP contribution in [0.1, 0.15) is 23.2 Å². The first-order valence-corrected chi connectivity index (χ1v) is 11.5. The van der Waals surface area contributed by atoms with Gasteiger partial charge < -0.3 is 19.5 Å². The molecule has 202 valence electrons. The molecule has 1 aromatic carbocycles. The van der Waals surface area contributed by atoms with Gasteiger partial charge in [0.25, 0.3) is 5.92 Å². The fraction of sp³-hybridized carbons (Fsp3) is 0.417. The molecule has 1 aliphatic rings. The van der Waals surface area contributed by atoms with Crippen LogP contribution in [0.4, 0.5) is 27.9 Å². The number of anilines is 1. The lowest BCUT2D eigenvalue weighted by Crippen LogP contribution is -2.55. The number of amides is 1. The molecule has 9 nitrogen and oxygen atoms in total. The van der Waals surface area contributed by atoms with E-state index in [2.05, 4.69) is 20.4 Å². The average molecular weight is 541 g/mol. The van der Waals surface area contributed by atoms with E-state index in [1.807, 2.05) is 0 Å². The molecule has 0 spiro atoms. The molecule has 0 radical (unpaired) electrons. The van der Waals surface area contributed by atoms with E-state index >= 15 is 0 Å². The molecule has 38 heavy (non-hydrogen) atoms. The summed E-state index contributed by atoms with van der Waals surface area (Å²) >= 11 is 0. The molecule has 1 atom stereocenters. The molecular weight excluding hydrogens is 513 g/mol. The number of carbonyl (C=O) groups is 1. The summed E-state index contributed by atoms with van der Waals surface area (Å²) in [7, 11) is 1.32. The van der Waals surface area contributed by atoms with Gasteiger partial charge in [-0.2, -0.15) is 18.2 Å². The quantitative estimate of drug-likeness (QED) is 0.380. The number of fused-ring (bicyclic) bond motifs is 2. The first-order valence-electron chi connectivity index (χ1n) is 13.0. The topological polar surface area (TPSA) is 89.6 Å². The highest BCUT2D eigenvalue weighted by Gasteiger charge is 2.46. The van der Waals surface area contributed by atoms with Crippen LogP contribution in [0.3, 0.4) is 0 Å². The van der Waals surface area contributed by atoms with Crippen LogP contribution in [0.5, 0.6) is 5.88 Å². The number of carbonyl (C=O) groups excluding carboxylic acids is 1. The number of aromatic nitrogens is 5. The van der Waals surface area contributed by atoms with E-state index in [0.29, 0.717) is 27.1 Å². The Bertz CT molecular complexity index is 1630. The molecule has 5 rings (SSSR count). The van der Waals surface area contributed by atoms with Crippen LogP contribution >= 0.6 is 0 Å². The number of aryl methyl sites for hydroxylation is 1. The summed E-state index contributed by atoms with van der Waals surface area (Å²) < 4.78 is 98.8. The van der Waals surface area contributed by atoms with Gasteiger partial charge in [-0.05, 0) is 37.1 Å². The van der Waals surface area contributed by atoms with Gasteiger partial charge in [0, 0.05) is 29.3 Å². The van der Waals surface area contributed by atoms with E-state index in [4.69, 9.17) is 8.85 Å². The zero-order valence-electron chi connectivity index (χ0n) is 23.2. The summed E-state index contributed by atoms with van der Waals surface area (Å²) in [5.74, 6) is -4.81. The number of nitrogens with zero attached hydrogens (tertiary/aromatic N) is 6. The molecule has 4 aromatic rings. The molecule has 0 unspecified atom stereocenters. The van der Waals surface area contributed by atoms with Gasteiger partial charge in [0.1, 0.15) is 17.9 Å². The standard InChI is InChI=1S/C24H24F5N7O2/c1-13-30-17-5-4-15(10-18(17)35(13)12-24(27,28)29)16-6-9-36-20(16)21(38-3)32-22(33-36)31-19-7-8-34(14(2)37)11-23(19,25)26/h4-6,9-10,19H,7-8,11-12H2,1-3H3,(H,31,33)/t19-/m1/s1/i2D3. The second-order valence-corrected chi connectivity index (χ2v) is 9.00. The molecule has 3 aromatic heterocycles. The Labute approximate surface area is 217 Å². The van der Waals surface area contributed by atoms with E-state index in [0.717, 1.165) is 4.57 Å². The van der Waals surface area contributed by atoms with E-state index in [9.17, 15) is 26.7 Å². The van der Waals surface area contributed by atoms with Crippen molar-refractivity contribution in [3.63, 3.8) is 0 Å². The Kier molecular flexibility index (Phi) is 5.28. The number of rotatable bonds is 5. The molecule has 1 aliphatic heterocycles. The summed E-state index contributed by atoms with van der Waals surface area (Å²) in [4.78, 5) is 21.0. The lowest BCUT2D eigenvalue weighted by molar-refractivity contribution is -0.141. The van der Waals surface area contributed by atoms with Gasteiger partial charge in [-0.1, -0.05) is 6.07 Å². The summed E-state index contributed by atoms with van der Waals surface area (Å²) in [6, 6.07) is 4.99. The normalized spacial score (nSPS) is 19.3. The number of hydrogen-bond acceptors (Lipinski definition) is 6. The Morgan fingerprint density at radius 3 is 2.76 bits per heavy atom. The molecule has 4 heterocycles. The fourth-order valence-electron chi connectivity index (χ4n) is 4.66. The van der Waals surface area contributed by atoms with Crippen LogP contribution < -0.4 is 10.1 Å². The van der Waals surface area contributed by atoms with Crippen LogP contribution in [-0.2, 0) is 11.3 Å². The number of alkyl halides is 5. The van der Waals surface area contributed by atoms with Crippen molar-refractivity contribution in [2.45, 2.75) is 44.9 Å². The molecule has 0 bridgehead atoms. The van der Waals surface area contributed by atoms with Crippen molar-refractivity contribution in [2.75, 3.05) is 25.5 Å². The highest BCUT2D eigenvalue weighted by atomic mass is 19.4. The van der Waals surface area contributed by atoms with Crippen molar-refractivity contribution in [3.05, 3.63) is 36.3 Å². The Morgan fingerprint density at radius 2 is 2.08 bits per heavy atom. The van der Waals surface area contributed by atoms with E-state index in [-0.39, 0.29) is 36.1 Å². The molecule has 0 aliphatic carbocycles. The third kappa shape index (κ3) is 4.70.